The van der Waals surface area contributed by atoms with Crippen LogP contribution in [0.3, 0.4) is 0 Å². The van der Waals surface area contributed by atoms with E-state index in [4.69, 9.17) is 11.6 Å². The molecule has 0 saturated heterocycles. The van der Waals surface area contributed by atoms with E-state index in [9.17, 15) is 9.90 Å². The molecule has 25 heavy (non-hydrogen) atoms. The highest BCUT2D eigenvalue weighted by molar-refractivity contribution is 6.30. The van der Waals surface area contributed by atoms with Gasteiger partial charge in [-0.05, 0) is 42.3 Å². The molecule has 0 amide bonds. The van der Waals surface area contributed by atoms with Crippen molar-refractivity contribution >= 4 is 34.3 Å². The molecule has 6 heteroatoms. The van der Waals surface area contributed by atoms with Crippen LogP contribution in [0.5, 0.6) is 0 Å². The zero-order valence-corrected chi connectivity index (χ0v) is 14.7. The van der Waals surface area contributed by atoms with Gasteiger partial charge in [0.25, 0.3) is 0 Å². The van der Waals surface area contributed by atoms with E-state index in [0.29, 0.717) is 16.7 Å². The molecule has 3 rings (SSSR count). The van der Waals surface area contributed by atoms with E-state index in [1.54, 1.807) is 12.1 Å². The summed E-state index contributed by atoms with van der Waals surface area (Å²) < 4.78 is 0. The highest BCUT2D eigenvalue weighted by Crippen LogP contribution is 2.26. The number of hydrogen-bond acceptors (Lipinski definition) is 4. The summed E-state index contributed by atoms with van der Waals surface area (Å²) in [6.07, 6.45) is 0. The van der Waals surface area contributed by atoms with E-state index in [1.807, 2.05) is 50.2 Å². The Morgan fingerprint density at radius 1 is 1.08 bits per heavy atom. The Morgan fingerprint density at radius 2 is 1.76 bits per heavy atom. The smallest absolute Gasteiger partial charge is 0.326 e. The topological polar surface area (TPSA) is 75.1 Å². The Kier molecular flexibility index (Phi) is 4.86. The number of halogens is 1. The summed E-state index contributed by atoms with van der Waals surface area (Å²) in [5, 5.41) is 14.0. The number of carboxylic acids is 1. The first-order valence-corrected chi connectivity index (χ1v) is 8.35. The molecule has 2 N–H and O–H groups in total. The summed E-state index contributed by atoms with van der Waals surface area (Å²) in [5.41, 5.74) is 1.56. The van der Waals surface area contributed by atoms with Crippen LogP contribution in [0.15, 0.2) is 48.5 Å². The van der Waals surface area contributed by atoms with Crippen LogP contribution >= 0.6 is 11.6 Å². The molecule has 0 radical (unpaired) electrons. The van der Waals surface area contributed by atoms with Crippen LogP contribution in [0.1, 0.15) is 13.8 Å². The molecule has 1 atom stereocenters. The largest absolute Gasteiger partial charge is 0.480 e. The maximum atomic E-state index is 11.6. The van der Waals surface area contributed by atoms with Gasteiger partial charge >= 0.3 is 5.97 Å². The van der Waals surface area contributed by atoms with Crippen molar-refractivity contribution in [3.63, 3.8) is 0 Å². The number of carboxylic acid groups (broad SMARTS) is 1. The summed E-state index contributed by atoms with van der Waals surface area (Å²) in [4.78, 5) is 20.7. The molecule has 0 fully saturated rings. The highest BCUT2D eigenvalue weighted by Gasteiger charge is 2.23. The van der Waals surface area contributed by atoms with Crippen LogP contribution in [0.25, 0.3) is 22.3 Å². The molecule has 0 aliphatic rings. The van der Waals surface area contributed by atoms with Gasteiger partial charge in [-0.3, -0.25) is 0 Å². The molecule has 0 unspecified atom stereocenters. The molecule has 1 aromatic heterocycles. The fraction of sp³-hybridized carbons (Fsp3) is 0.211. The van der Waals surface area contributed by atoms with E-state index in [1.165, 1.54) is 0 Å². The number of aromatic nitrogens is 2. The van der Waals surface area contributed by atoms with Gasteiger partial charge in [0.2, 0.25) is 0 Å². The number of fused-ring (bicyclic) bond motifs is 1. The van der Waals surface area contributed by atoms with Crippen molar-refractivity contribution in [1.29, 1.82) is 0 Å². The second-order valence-electron chi connectivity index (χ2n) is 6.12. The summed E-state index contributed by atoms with van der Waals surface area (Å²) in [6.45, 7) is 3.71. The maximum Gasteiger partial charge on any atom is 0.326 e. The number of rotatable bonds is 5. The van der Waals surface area contributed by atoms with Gasteiger partial charge in [0.1, 0.15) is 11.9 Å². The lowest BCUT2D eigenvalue weighted by atomic mass is 10.0. The van der Waals surface area contributed by atoms with Gasteiger partial charge in [-0.2, -0.15) is 0 Å². The Hall–Kier alpha value is -2.66. The first kappa shape index (κ1) is 17.2. The lowest BCUT2D eigenvalue weighted by molar-refractivity contribution is -0.138. The first-order valence-electron chi connectivity index (χ1n) is 7.98. The van der Waals surface area contributed by atoms with Crippen molar-refractivity contribution in [2.45, 2.75) is 19.9 Å². The molecular weight excluding hydrogens is 338 g/mol. The molecule has 0 saturated carbocycles. The van der Waals surface area contributed by atoms with Crippen molar-refractivity contribution in [1.82, 2.24) is 9.97 Å². The van der Waals surface area contributed by atoms with E-state index < -0.39 is 12.0 Å². The van der Waals surface area contributed by atoms with Crippen LogP contribution in [-0.2, 0) is 4.79 Å². The van der Waals surface area contributed by atoms with Crippen LogP contribution < -0.4 is 5.32 Å². The quantitative estimate of drug-likeness (QED) is 0.706. The molecule has 0 spiro atoms. The standard InChI is InChI=1S/C19H18ClN3O2/c1-11(2)16(19(24)25)22-18-14-5-3-4-6-15(14)21-17(23-18)12-7-9-13(20)10-8-12/h3-11,16H,1-2H3,(H,24,25)(H,21,22,23)/t16-/m1/s1. The molecule has 1 heterocycles. The molecule has 0 aliphatic heterocycles. The minimum Gasteiger partial charge on any atom is -0.480 e. The average Bonchev–Trinajstić information content (AvgIpc) is 2.59. The number of para-hydroxylation sites is 1. The number of aliphatic carboxylic acids is 1. The van der Waals surface area contributed by atoms with Crippen molar-refractivity contribution in [2.24, 2.45) is 5.92 Å². The first-order chi connectivity index (χ1) is 12.0. The summed E-state index contributed by atoms with van der Waals surface area (Å²) in [7, 11) is 0. The van der Waals surface area contributed by atoms with Gasteiger partial charge in [0, 0.05) is 16.0 Å². The van der Waals surface area contributed by atoms with Gasteiger partial charge in [-0.15, -0.1) is 0 Å². The monoisotopic (exact) mass is 355 g/mol. The van der Waals surface area contributed by atoms with Gasteiger partial charge in [0.15, 0.2) is 5.82 Å². The summed E-state index contributed by atoms with van der Waals surface area (Å²) >= 11 is 5.95. The van der Waals surface area contributed by atoms with Gasteiger partial charge in [0.05, 0.1) is 5.52 Å². The highest BCUT2D eigenvalue weighted by atomic mass is 35.5. The van der Waals surface area contributed by atoms with E-state index in [-0.39, 0.29) is 5.92 Å². The maximum absolute atomic E-state index is 11.6. The third-order valence-corrected chi connectivity index (χ3v) is 4.18. The van der Waals surface area contributed by atoms with Gasteiger partial charge < -0.3 is 10.4 Å². The molecule has 128 valence electrons. The number of hydrogen-bond donors (Lipinski definition) is 2. The zero-order valence-electron chi connectivity index (χ0n) is 13.9. The Balaban J connectivity index is 2.12. The predicted octanol–water partition coefficient (Wildman–Crippen LogP) is 4.47. The minimum absolute atomic E-state index is 0.0924. The lowest BCUT2D eigenvalue weighted by Gasteiger charge is -2.20. The van der Waals surface area contributed by atoms with Crippen LogP contribution in [-0.4, -0.2) is 27.1 Å². The summed E-state index contributed by atoms with van der Waals surface area (Å²) in [5.74, 6) is 0.0263. The number of benzene rings is 2. The number of nitrogens with zero attached hydrogens (tertiary/aromatic N) is 2. The lowest BCUT2D eigenvalue weighted by Crippen LogP contribution is -2.34. The third kappa shape index (κ3) is 3.72. The number of nitrogens with one attached hydrogen (secondary N) is 1. The van der Waals surface area contributed by atoms with Crippen molar-refractivity contribution in [3.8, 4) is 11.4 Å². The van der Waals surface area contributed by atoms with Gasteiger partial charge in [-0.25, -0.2) is 14.8 Å². The van der Waals surface area contributed by atoms with Crippen molar-refractivity contribution in [3.05, 3.63) is 53.6 Å². The molecule has 0 bridgehead atoms. The molecular formula is C19H18ClN3O2. The second-order valence-corrected chi connectivity index (χ2v) is 6.56. The zero-order chi connectivity index (χ0) is 18.0. The fourth-order valence-corrected chi connectivity index (χ4v) is 2.70. The minimum atomic E-state index is -0.911. The van der Waals surface area contributed by atoms with Crippen LogP contribution in [0.2, 0.25) is 5.02 Å². The van der Waals surface area contributed by atoms with Crippen LogP contribution in [0.4, 0.5) is 5.82 Å². The number of anilines is 1. The average molecular weight is 356 g/mol. The Morgan fingerprint density at radius 3 is 2.40 bits per heavy atom. The number of carbonyl (C=O) groups is 1. The molecule has 3 aromatic rings. The Bertz CT molecular complexity index is 910. The fourth-order valence-electron chi connectivity index (χ4n) is 2.58. The van der Waals surface area contributed by atoms with Crippen LogP contribution in [0, 0.1) is 5.92 Å². The molecule has 2 aromatic carbocycles. The third-order valence-electron chi connectivity index (χ3n) is 3.93. The molecule has 5 nitrogen and oxygen atoms in total. The molecule has 0 aliphatic carbocycles. The van der Waals surface area contributed by atoms with Gasteiger partial charge in [-0.1, -0.05) is 37.6 Å². The van der Waals surface area contributed by atoms with Crippen molar-refractivity contribution < 1.29 is 9.90 Å². The summed E-state index contributed by atoms with van der Waals surface area (Å²) in [6, 6.07) is 14.0. The second kappa shape index (κ2) is 7.07. The predicted molar refractivity (Wildman–Crippen MR) is 99.9 cm³/mol. The van der Waals surface area contributed by atoms with Crippen molar-refractivity contribution in [2.75, 3.05) is 5.32 Å². The Labute approximate surface area is 150 Å². The van der Waals surface area contributed by atoms with E-state index >= 15 is 0 Å². The van der Waals surface area contributed by atoms with E-state index in [2.05, 4.69) is 15.3 Å². The SMILES string of the molecule is CC(C)[C@@H](Nc1nc(-c2ccc(Cl)cc2)nc2ccccc12)C(=O)O. The normalized spacial score (nSPS) is 12.3. The van der Waals surface area contributed by atoms with E-state index in [0.717, 1.165) is 16.5 Å².